The number of aromatic nitrogens is 3. The highest BCUT2D eigenvalue weighted by Gasteiger charge is 2.55. The van der Waals surface area contributed by atoms with E-state index >= 15 is 0 Å². The molecule has 2 aromatic heterocycles. The van der Waals surface area contributed by atoms with E-state index in [0.717, 1.165) is 38.4 Å². The highest BCUT2D eigenvalue weighted by molar-refractivity contribution is 5.94. The third kappa shape index (κ3) is 4.58. The minimum absolute atomic E-state index is 0.0927. The van der Waals surface area contributed by atoms with Gasteiger partial charge in [0.25, 0.3) is 5.91 Å². The van der Waals surface area contributed by atoms with Crippen LogP contribution in [0.15, 0.2) is 18.3 Å². The number of methoxy groups -OCH3 is 1. The first-order valence-corrected chi connectivity index (χ1v) is 12.7. The number of ether oxygens (including phenoxy) is 1. The minimum atomic E-state index is -0.531. The van der Waals surface area contributed by atoms with Crippen molar-refractivity contribution in [3.8, 4) is 17.1 Å². The van der Waals surface area contributed by atoms with Crippen molar-refractivity contribution in [2.45, 2.75) is 69.5 Å². The number of aromatic amines is 1. The highest BCUT2D eigenvalue weighted by Crippen LogP contribution is 2.50. The van der Waals surface area contributed by atoms with E-state index < -0.39 is 5.82 Å². The van der Waals surface area contributed by atoms with Crippen molar-refractivity contribution < 1.29 is 18.7 Å². The molecule has 0 bridgehead atoms. The second-order valence-electron chi connectivity index (χ2n) is 11.2. The topological polar surface area (TPSA) is 103 Å². The molecule has 1 spiro atoms. The van der Waals surface area contributed by atoms with Gasteiger partial charge in [0, 0.05) is 47.8 Å². The van der Waals surface area contributed by atoms with Crippen LogP contribution < -0.4 is 10.1 Å². The summed E-state index contributed by atoms with van der Waals surface area (Å²) in [7, 11) is 3.57. The van der Waals surface area contributed by atoms with Gasteiger partial charge in [0.1, 0.15) is 0 Å². The molecule has 5 rings (SSSR count). The van der Waals surface area contributed by atoms with Crippen LogP contribution in [0.3, 0.4) is 0 Å². The summed E-state index contributed by atoms with van der Waals surface area (Å²) < 4.78 is 19.4. The third-order valence-corrected chi connectivity index (χ3v) is 8.45. The van der Waals surface area contributed by atoms with Crippen LogP contribution in [-0.2, 0) is 4.79 Å². The normalized spacial score (nSPS) is 25.0. The summed E-state index contributed by atoms with van der Waals surface area (Å²) in [4.78, 5) is 34.6. The lowest BCUT2D eigenvalue weighted by Gasteiger charge is -2.44. The van der Waals surface area contributed by atoms with E-state index in [1.54, 1.807) is 6.07 Å². The maximum Gasteiger partial charge on any atom is 0.274 e. The molecule has 9 nitrogen and oxygen atoms in total. The second-order valence-corrected chi connectivity index (χ2v) is 11.2. The number of nitrogens with zero attached hydrogens (tertiary/aromatic N) is 4. The summed E-state index contributed by atoms with van der Waals surface area (Å²) in [5, 5.41) is 10.2. The number of hydrogen-bond acceptors (Lipinski definition) is 6. The molecule has 4 heterocycles. The fraction of sp³-hybridized carbons (Fsp3) is 0.615. The molecule has 194 valence electrons. The number of carbonyl (C=O) groups excluding carboxylic acids is 2. The zero-order valence-electron chi connectivity index (χ0n) is 21.4. The van der Waals surface area contributed by atoms with Crippen molar-refractivity contribution in [1.82, 2.24) is 30.3 Å². The highest BCUT2D eigenvalue weighted by atomic mass is 19.1. The summed E-state index contributed by atoms with van der Waals surface area (Å²) in [6.45, 7) is 5.84. The molecule has 2 N–H and O–H groups in total. The average Bonchev–Trinajstić information content (AvgIpc) is 3.43. The fourth-order valence-corrected chi connectivity index (χ4v) is 5.62. The number of pyridine rings is 1. The third-order valence-electron chi connectivity index (χ3n) is 8.45. The molecule has 2 aromatic rings. The van der Waals surface area contributed by atoms with Crippen molar-refractivity contribution in [3.63, 3.8) is 0 Å². The van der Waals surface area contributed by atoms with Crippen LogP contribution in [0.2, 0.25) is 0 Å². The average molecular weight is 499 g/mol. The van der Waals surface area contributed by atoms with Crippen LogP contribution in [-0.4, -0.2) is 81.2 Å². The first-order chi connectivity index (χ1) is 17.1. The van der Waals surface area contributed by atoms with Crippen LogP contribution in [0.5, 0.6) is 5.88 Å². The Bertz CT molecular complexity index is 1160. The SMILES string of the molecule is COc1cc(-c2cc(C(=O)N3CC[C@H](C(=O)N[C@H]4CCC(C)(C)N(C)C4)CC34CC4)n[nH]2)c(F)cn1. The number of rotatable bonds is 5. The predicted octanol–water partition coefficient (Wildman–Crippen LogP) is 2.99. The Morgan fingerprint density at radius 1 is 1.22 bits per heavy atom. The lowest BCUT2D eigenvalue weighted by molar-refractivity contribution is -0.128. The van der Waals surface area contributed by atoms with E-state index in [9.17, 15) is 14.0 Å². The lowest BCUT2D eigenvalue weighted by atomic mass is 9.86. The van der Waals surface area contributed by atoms with Gasteiger partial charge in [0.2, 0.25) is 11.8 Å². The Balaban J connectivity index is 1.23. The van der Waals surface area contributed by atoms with Gasteiger partial charge in [0.15, 0.2) is 11.5 Å². The Morgan fingerprint density at radius 2 is 2.00 bits per heavy atom. The zero-order valence-corrected chi connectivity index (χ0v) is 21.4. The van der Waals surface area contributed by atoms with Crippen molar-refractivity contribution in [3.05, 3.63) is 29.8 Å². The minimum Gasteiger partial charge on any atom is -0.481 e. The van der Waals surface area contributed by atoms with Gasteiger partial charge in [0.05, 0.1) is 19.0 Å². The number of carbonyl (C=O) groups is 2. The molecule has 2 amide bonds. The smallest absolute Gasteiger partial charge is 0.274 e. The van der Waals surface area contributed by atoms with Crippen molar-refractivity contribution in [2.75, 3.05) is 27.2 Å². The van der Waals surface area contributed by atoms with Crippen molar-refractivity contribution in [2.24, 2.45) is 5.92 Å². The molecule has 36 heavy (non-hydrogen) atoms. The molecule has 3 aliphatic rings. The van der Waals surface area contributed by atoms with E-state index in [1.807, 2.05) is 4.90 Å². The maximum absolute atomic E-state index is 14.3. The van der Waals surface area contributed by atoms with E-state index in [-0.39, 0.29) is 52.0 Å². The van der Waals surface area contributed by atoms with Crippen LogP contribution in [0.4, 0.5) is 4.39 Å². The second kappa shape index (κ2) is 9.14. The first-order valence-electron chi connectivity index (χ1n) is 12.7. The molecule has 0 unspecified atom stereocenters. The standard InChI is InChI=1S/C26H35FN6O3/c1-25(2)7-5-17(15-32(25)3)29-23(34)16-6-10-33(26(13-16)8-9-26)24(35)21-12-20(30-31-21)18-11-22(36-4)28-14-19(18)27/h11-12,14,16-17H,5-10,13,15H2,1-4H3,(H,29,34)(H,30,31)/t16-,17-/m0/s1. The van der Waals surface area contributed by atoms with Crippen molar-refractivity contribution in [1.29, 1.82) is 0 Å². The van der Waals surface area contributed by atoms with Gasteiger partial charge in [-0.25, -0.2) is 9.37 Å². The van der Waals surface area contributed by atoms with E-state index in [1.165, 1.54) is 13.2 Å². The number of nitrogens with one attached hydrogen (secondary N) is 2. The Morgan fingerprint density at radius 3 is 2.69 bits per heavy atom. The first kappa shape index (κ1) is 24.7. The number of likely N-dealkylation sites (N-methyl/N-ethyl adjacent to an activating group) is 1. The number of piperidine rings is 2. The number of hydrogen-bond donors (Lipinski definition) is 2. The molecule has 3 fully saturated rings. The summed E-state index contributed by atoms with van der Waals surface area (Å²) in [6.07, 6.45) is 6.18. The van der Waals surface area contributed by atoms with E-state index in [4.69, 9.17) is 4.74 Å². The van der Waals surface area contributed by atoms with Crippen LogP contribution >= 0.6 is 0 Å². The number of halogens is 1. The zero-order chi connectivity index (χ0) is 25.7. The van der Waals surface area contributed by atoms with Crippen LogP contribution in [0.25, 0.3) is 11.3 Å². The summed E-state index contributed by atoms with van der Waals surface area (Å²) in [5.41, 5.74) is 0.736. The van der Waals surface area contributed by atoms with E-state index in [2.05, 4.69) is 46.3 Å². The molecule has 0 radical (unpaired) electrons. The Hall–Kier alpha value is -3.01. The van der Waals surface area contributed by atoms with Gasteiger partial charge in [-0.15, -0.1) is 0 Å². The van der Waals surface area contributed by atoms with Crippen molar-refractivity contribution >= 4 is 11.8 Å². The quantitative estimate of drug-likeness (QED) is 0.657. The maximum atomic E-state index is 14.3. The Kier molecular flexibility index (Phi) is 6.26. The fourth-order valence-electron chi connectivity index (χ4n) is 5.62. The molecule has 2 atom stereocenters. The molecular formula is C26H35FN6O3. The molecule has 1 saturated carbocycles. The monoisotopic (exact) mass is 498 g/mol. The molecule has 2 aliphatic heterocycles. The molecule has 10 heteroatoms. The largest absolute Gasteiger partial charge is 0.481 e. The molecule has 0 aromatic carbocycles. The molecule has 1 aliphatic carbocycles. The number of H-pyrrole nitrogens is 1. The van der Waals surface area contributed by atoms with E-state index in [0.29, 0.717) is 25.1 Å². The summed E-state index contributed by atoms with van der Waals surface area (Å²) >= 11 is 0. The van der Waals surface area contributed by atoms with Crippen LogP contribution in [0.1, 0.15) is 62.9 Å². The summed E-state index contributed by atoms with van der Waals surface area (Å²) in [6, 6.07) is 3.20. The molecule has 2 saturated heterocycles. The van der Waals surface area contributed by atoms with Gasteiger partial charge >= 0.3 is 0 Å². The van der Waals surface area contributed by atoms with Gasteiger partial charge in [-0.1, -0.05) is 0 Å². The predicted molar refractivity (Wildman–Crippen MR) is 132 cm³/mol. The Labute approximate surface area is 210 Å². The summed E-state index contributed by atoms with van der Waals surface area (Å²) in [5.74, 6) is -0.432. The molecular weight excluding hydrogens is 463 g/mol. The van der Waals surface area contributed by atoms with Gasteiger partial charge in [-0.05, 0) is 65.5 Å². The van der Waals surface area contributed by atoms with Crippen LogP contribution in [0, 0.1) is 11.7 Å². The number of likely N-dealkylation sites (tertiary alicyclic amines) is 2. The van der Waals surface area contributed by atoms with Gasteiger partial charge in [-0.3, -0.25) is 19.6 Å². The number of amides is 2. The van der Waals surface area contributed by atoms with Gasteiger partial charge in [-0.2, -0.15) is 5.10 Å². The van der Waals surface area contributed by atoms with Gasteiger partial charge < -0.3 is 15.0 Å². The lowest BCUT2D eigenvalue weighted by Crippen LogP contribution is -2.56.